The first kappa shape index (κ1) is 23.3. The Bertz CT molecular complexity index is 948. The number of carbonyl (C=O) groups excluding carboxylic acids is 1. The van der Waals surface area contributed by atoms with Gasteiger partial charge in [-0.25, -0.2) is 4.98 Å². The fourth-order valence-corrected chi connectivity index (χ4v) is 3.54. The molecule has 9 heteroatoms. The summed E-state index contributed by atoms with van der Waals surface area (Å²) in [6.45, 7) is 8.97. The van der Waals surface area contributed by atoms with E-state index in [4.69, 9.17) is 4.74 Å². The minimum Gasteiger partial charge on any atom is -0.378 e. The highest BCUT2D eigenvalue weighted by Gasteiger charge is 2.27. The number of morpholine rings is 1. The number of halogens is 3. The highest BCUT2D eigenvalue weighted by Crippen LogP contribution is 2.34. The summed E-state index contributed by atoms with van der Waals surface area (Å²) in [6, 6.07) is 5.06. The summed E-state index contributed by atoms with van der Waals surface area (Å²) in [6.07, 6.45) is -4.32. The van der Waals surface area contributed by atoms with E-state index in [1.807, 2.05) is 27.7 Å². The molecule has 170 valence electrons. The van der Waals surface area contributed by atoms with Crippen LogP contribution in [0.4, 0.5) is 18.9 Å². The minimum atomic E-state index is -4.32. The number of carbonyl (C=O) groups is 1. The van der Waals surface area contributed by atoms with Crippen molar-refractivity contribution in [3.05, 3.63) is 35.0 Å². The molecule has 31 heavy (non-hydrogen) atoms. The highest BCUT2D eigenvalue weighted by atomic mass is 19.4. The van der Waals surface area contributed by atoms with Crippen LogP contribution in [0.25, 0.3) is 10.9 Å². The zero-order valence-corrected chi connectivity index (χ0v) is 18.2. The molecule has 0 unspecified atom stereocenters. The van der Waals surface area contributed by atoms with Crippen LogP contribution in [-0.4, -0.2) is 56.0 Å². The van der Waals surface area contributed by atoms with Gasteiger partial charge in [-0.15, -0.1) is 0 Å². The van der Waals surface area contributed by atoms with E-state index in [0.29, 0.717) is 31.0 Å². The summed E-state index contributed by atoms with van der Waals surface area (Å²) < 4.78 is 43.5. The number of fused-ring (bicyclic) bond motifs is 1. The summed E-state index contributed by atoms with van der Waals surface area (Å²) in [5.41, 5.74) is 2.44. The van der Waals surface area contributed by atoms with E-state index in [0.717, 1.165) is 23.1 Å². The number of ether oxygens (including phenoxy) is 1. The number of nitrogens with one attached hydrogen (secondary N) is 3. The van der Waals surface area contributed by atoms with Gasteiger partial charge in [0, 0.05) is 30.2 Å². The first-order valence-corrected chi connectivity index (χ1v) is 10.3. The second-order valence-electron chi connectivity index (χ2n) is 8.90. The molecule has 3 N–H and O–H groups in total. The number of nitrogens with zero attached hydrogens (tertiary/aromatic N) is 1. The summed E-state index contributed by atoms with van der Waals surface area (Å²) >= 11 is 0. The van der Waals surface area contributed by atoms with Crippen LogP contribution in [0.1, 0.15) is 42.4 Å². The van der Waals surface area contributed by atoms with Gasteiger partial charge in [-0.05, 0) is 41.7 Å². The summed E-state index contributed by atoms with van der Waals surface area (Å²) in [5, 5.41) is 9.34. The molecule has 0 radical (unpaired) electrons. The lowest BCUT2D eigenvalue weighted by atomic mass is 9.84. The summed E-state index contributed by atoms with van der Waals surface area (Å²) in [5.74, 6) is -0.295. The number of pyridine rings is 1. The topological polar surface area (TPSA) is 75.3 Å². The lowest BCUT2D eigenvalue weighted by molar-refractivity contribution is -0.115. The average Bonchev–Trinajstić information content (AvgIpc) is 2.69. The van der Waals surface area contributed by atoms with Crippen molar-refractivity contribution in [2.75, 3.05) is 38.2 Å². The van der Waals surface area contributed by atoms with Crippen LogP contribution >= 0.6 is 0 Å². The third-order valence-corrected chi connectivity index (χ3v) is 5.16. The number of aromatic nitrogens is 1. The maximum absolute atomic E-state index is 12.7. The predicted octanol–water partition coefficient (Wildman–Crippen LogP) is 3.53. The predicted molar refractivity (Wildman–Crippen MR) is 115 cm³/mol. The van der Waals surface area contributed by atoms with Crippen LogP contribution < -0.4 is 16.0 Å². The fraction of sp³-hybridized carbons (Fsp3) is 0.545. The number of aryl methyl sites for hydroxylation is 1. The molecule has 1 amide bonds. The molecule has 6 nitrogen and oxygen atoms in total. The summed E-state index contributed by atoms with van der Waals surface area (Å²) in [7, 11) is 0. The molecule has 1 saturated heterocycles. The third kappa shape index (κ3) is 6.07. The monoisotopic (exact) mass is 438 g/mol. The standard InChI is InChI=1S/C22H29F3N4O2/c1-13-7-18(20(30)27-10-15-11-31-6-5-26-15)29-19-16(13)8-14(28-12-22(23,24)25)9-17(19)21(2,3)4/h7-9,15,26,28H,5-6,10-12H2,1-4H3,(H,27,30)/t15-/m1/s1. The molecule has 1 aliphatic rings. The Balaban J connectivity index is 1.92. The number of amides is 1. The third-order valence-electron chi connectivity index (χ3n) is 5.16. The molecule has 0 spiro atoms. The van der Waals surface area contributed by atoms with Crippen LogP contribution in [-0.2, 0) is 10.2 Å². The van der Waals surface area contributed by atoms with Gasteiger partial charge in [0.15, 0.2) is 0 Å². The van der Waals surface area contributed by atoms with Gasteiger partial charge < -0.3 is 20.7 Å². The van der Waals surface area contributed by atoms with Gasteiger partial charge in [-0.2, -0.15) is 13.2 Å². The Kier molecular flexibility index (Phi) is 6.76. The zero-order valence-electron chi connectivity index (χ0n) is 18.2. The number of hydrogen-bond acceptors (Lipinski definition) is 5. The molecule has 1 aromatic heterocycles. The van der Waals surface area contributed by atoms with E-state index in [1.165, 1.54) is 0 Å². The van der Waals surface area contributed by atoms with Crippen molar-refractivity contribution >= 4 is 22.5 Å². The largest absolute Gasteiger partial charge is 0.405 e. The molecular weight excluding hydrogens is 409 g/mol. The molecule has 1 fully saturated rings. The number of anilines is 1. The van der Waals surface area contributed by atoms with Crippen molar-refractivity contribution in [3.63, 3.8) is 0 Å². The quantitative estimate of drug-likeness (QED) is 0.666. The van der Waals surface area contributed by atoms with E-state index in [9.17, 15) is 18.0 Å². The van der Waals surface area contributed by atoms with E-state index >= 15 is 0 Å². The second kappa shape index (κ2) is 9.00. The SMILES string of the molecule is Cc1cc(C(=O)NC[C@@H]2COCCN2)nc2c(C(C)(C)C)cc(NCC(F)(F)F)cc12. The lowest BCUT2D eigenvalue weighted by Crippen LogP contribution is -2.48. The molecule has 3 rings (SSSR count). The van der Waals surface area contributed by atoms with Crippen molar-refractivity contribution in [3.8, 4) is 0 Å². The highest BCUT2D eigenvalue weighted by molar-refractivity contribution is 5.97. The normalized spacial score (nSPS) is 17.6. The zero-order chi connectivity index (χ0) is 22.8. The van der Waals surface area contributed by atoms with E-state index in [2.05, 4.69) is 20.9 Å². The van der Waals surface area contributed by atoms with Gasteiger partial charge in [0.05, 0.1) is 18.7 Å². The molecule has 2 aromatic rings. The van der Waals surface area contributed by atoms with Crippen LogP contribution in [0.2, 0.25) is 0 Å². The molecule has 2 heterocycles. The molecule has 1 aromatic carbocycles. The average molecular weight is 438 g/mol. The maximum atomic E-state index is 12.7. The molecule has 1 atom stereocenters. The maximum Gasteiger partial charge on any atom is 0.405 e. The van der Waals surface area contributed by atoms with Crippen LogP contribution in [0, 0.1) is 6.92 Å². The Morgan fingerprint density at radius 2 is 2.00 bits per heavy atom. The summed E-state index contributed by atoms with van der Waals surface area (Å²) in [4.78, 5) is 17.3. The smallest absolute Gasteiger partial charge is 0.378 e. The first-order valence-electron chi connectivity index (χ1n) is 10.3. The van der Waals surface area contributed by atoms with Crippen molar-refractivity contribution in [1.29, 1.82) is 0 Å². The van der Waals surface area contributed by atoms with Gasteiger partial charge in [-0.1, -0.05) is 20.8 Å². The van der Waals surface area contributed by atoms with Crippen LogP contribution in [0.15, 0.2) is 18.2 Å². The van der Waals surface area contributed by atoms with Crippen LogP contribution in [0.5, 0.6) is 0 Å². The Morgan fingerprint density at radius 1 is 1.26 bits per heavy atom. The Hall–Kier alpha value is -2.39. The number of benzene rings is 1. The van der Waals surface area contributed by atoms with Gasteiger partial charge in [0.2, 0.25) is 0 Å². The number of rotatable bonds is 5. The second-order valence-corrected chi connectivity index (χ2v) is 8.90. The van der Waals surface area contributed by atoms with Crippen molar-refractivity contribution in [2.45, 2.75) is 45.3 Å². The Labute approximate surface area is 179 Å². The van der Waals surface area contributed by atoms with Gasteiger partial charge in [0.1, 0.15) is 12.2 Å². The van der Waals surface area contributed by atoms with E-state index < -0.39 is 12.7 Å². The fourth-order valence-electron chi connectivity index (χ4n) is 3.54. The Morgan fingerprint density at radius 3 is 2.61 bits per heavy atom. The van der Waals surface area contributed by atoms with Gasteiger partial charge in [0.25, 0.3) is 5.91 Å². The van der Waals surface area contributed by atoms with E-state index in [-0.39, 0.29) is 23.1 Å². The van der Waals surface area contributed by atoms with Gasteiger partial charge >= 0.3 is 6.18 Å². The molecule has 0 bridgehead atoms. The molecule has 1 aliphatic heterocycles. The molecule has 0 saturated carbocycles. The number of alkyl halides is 3. The molecular formula is C22H29F3N4O2. The minimum absolute atomic E-state index is 0.0478. The van der Waals surface area contributed by atoms with Gasteiger partial charge in [-0.3, -0.25) is 4.79 Å². The van der Waals surface area contributed by atoms with Crippen LogP contribution in [0.3, 0.4) is 0 Å². The van der Waals surface area contributed by atoms with Crippen molar-refractivity contribution < 1.29 is 22.7 Å². The van der Waals surface area contributed by atoms with Crippen molar-refractivity contribution in [2.24, 2.45) is 0 Å². The van der Waals surface area contributed by atoms with E-state index in [1.54, 1.807) is 18.2 Å². The van der Waals surface area contributed by atoms with Crippen molar-refractivity contribution in [1.82, 2.24) is 15.6 Å². The first-order chi connectivity index (χ1) is 14.4. The molecule has 0 aliphatic carbocycles. The number of hydrogen-bond donors (Lipinski definition) is 3. The lowest BCUT2D eigenvalue weighted by Gasteiger charge is -2.24.